The first kappa shape index (κ1) is 15.5. The Morgan fingerprint density at radius 3 is 2.57 bits per heavy atom. The standard InChI is InChI=1S/C16H13NO4S2/c1-10-13-7-2-3-8-14(13)22-16(10)23(20,21)17-12-6-4-5-11(9-12)15(18)19/h2-9,17H,1H3,(H,18,19). The van der Waals surface area contributed by atoms with Gasteiger partial charge in [0, 0.05) is 10.4 Å². The summed E-state index contributed by atoms with van der Waals surface area (Å²) in [4.78, 5) is 11.0. The second kappa shape index (κ2) is 5.68. The third-order valence-corrected chi connectivity index (χ3v) is 6.68. The summed E-state index contributed by atoms with van der Waals surface area (Å²) < 4.78 is 28.8. The fraction of sp³-hybridized carbons (Fsp3) is 0.0625. The summed E-state index contributed by atoms with van der Waals surface area (Å²) in [6, 6.07) is 13.2. The highest BCUT2D eigenvalue weighted by atomic mass is 32.2. The Bertz CT molecular complexity index is 1010. The Labute approximate surface area is 137 Å². The average Bonchev–Trinajstić information content (AvgIpc) is 2.85. The van der Waals surface area contributed by atoms with Crippen LogP contribution >= 0.6 is 11.3 Å². The topological polar surface area (TPSA) is 83.5 Å². The molecular weight excluding hydrogens is 334 g/mol. The maximum Gasteiger partial charge on any atom is 0.335 e. The molecule has 0 saturated heterocycles. The van der Waals surface area contributed by atoms with Gasteiger partial charge in [-0.3, -0.25) is 4.72 Å². The Morgan fingerprint density at radius 2 is 1.87 bits per heavy atom. The van der Waals surface area contributed by atoms with E-state index in [0.29, 0.717) is 5.56 Å². The maximum atomic E-state index is 12.6. The minimum absolute atomic E-state index is 0.0262. The van der Waals surface area contributed by atoms with E-state index < -0.39 is 16.0 Å². The SMILES string of the molecule is Cc1c(S(=O)(=O)Nc2cccc(C(=O)O)c2)sc2ccccc12. The average molecular weight is 347 g/mol. The Balaban J connectivity index is 2.02. The molecule has 23 heavy (non-hydrogen) atoms. The van der Waals surface area contributed by atoms with Crippen LogP contribution in [0.15, 0.2) is 52.7 Å². The molecule has 0 unspecified atom stereocenters. The summed E-state index contributed by atoms with van der Waals surface area (Å²) in [5, 5.41) is 9.89. The number of sulfonamides is 1. The number of nitrogens with one attached hydrogen (secondary N) is 1. The lowest BCUT2D eigenvalue weighted by atomic mass is 10.2. The molecule has 0 spiro atoms. The number of benzene rings is 2. The number of aromatic carboxylic acids is 1. The molecule has 5 nitrogen and oxygen atoms in total. The first-order valence-electron chi connectivity index (χ1n) is 6.73. The lowest BCUT2D eigenvalue weighted by molar-refractivity contribution is 0.0697. The van der Waals surface area contributed by atoms with E-state index in [1.807, 2.05) is 24.3 Å². The van der Waals surface area contributed by atoms with Gasteiger partial charge in [0.25, 0.3) is 10.0 Å². The van der Waals surface area contributed by atoms with Gasteiger partial charge in [-0.2, -0.15) is 0 Å². The predicted octanol–water partition coefficient (Wildman–Crippen LogP) is 3.71. The fourth-order valence-electron chi connectivity index (χ4n) is 2.33. The largest absolute Gasteiger partial charge is 0.478 e. The number of anilines is 1. The molecule has 1 aromatic heterocycles. The molecular formula is C16H13NO4S2. The van der Waals surface area contributed by atoms with E-state index in [4.69, 9.17) is 5.11 Å². The first-order valence-corrected chi connectivity index (χ1v) is 9.03. The summed E-state index contributed by atoms with van der Waals surface area (Å²) in [5.41, 5.74) is 0.938. The fourth-order valence-corrected chi connectivity index (χ4v) is 5.14. The number of rotatable bonds is 4. The van der Waals surface area contributed by atoms with E-state index in [2.05, 4.69) is 4.72 Å². The Morgan fingerprint density at radius 1 is 1.13 bits per heavy atom. The van der Waals surface area contributed by atoms with Gasteiger partial charge >= 0.3 is 5.97 Å². The van der Waals surface area contributed by atoms with Crippen LogP contribution in [0.25, 0.3) is 10.1 Å². The quantitative estimate of drug-likeness (QED) is 0.753. The number of fused-ring (bicyclic) bond motifs is 1. The molecule has 0 atom stereocenters. The lowest BCUT2D eigenvalue weighted by Crippen LogP contribution is -2.13. The highest BCUT2D eigenvalue weighted by Crippen LogP contribution is 2.34. The third-order valence-electron chi connectivity index (χ3n) is 3.41. The van der Waals surface area contributed by atoms with Crippen molar-refractivity contribution in [2.75, 3.05) is 4.72 Å². The molecule has 0 aliphatic heterocycles. The zero-order chi connectivity index (χ0) is 16.6. The van der Waals surface area contributed by atoms with E-state index >= 15 is 0 Å². The van der Waals surface area contributed by atoms with Crippen LogP contribution < -0.4 is 4.72 Å². The molecule has 0 aliphatic carbocycles. The van der Waals surface area contributed by atoms with Crippen molar-refractivity contribution in [2.45, 2.75) is 11.1 Å². The zero-order valence-electron chi connectivity index (χ0n) is 12.1. The van der Waals surface area contributed by atoms with Gasteiger partial charge in [0.15, 0.2) is 0 Å². The maximum absolute atomic E-state index is 12.6. The molecule has 2 aromatic carbocycles. The minimum atomic E-state index is -3.77. The molecule has 1 heterocycles. The highest BCUT2D eigenvalue weighted by Gasteiger charge is 2.22. The normalized spacial score (nSPS) is 11.5. The Kier molecular flexibility index (Phi) is 3.83. The molecule has 2 N–H and O–H groups in total. The van der Waals surface area contributed by atoms with Gasteiger partial charge in [0.1, 0.15) is 4.21 Å². The number of aryl methyl sites for hydroxylation is 1. The van der Waals surface area contributed by atoms with E-state index in [0.717, 1.165) is 10.1 Å². The molecule has 0 saturated carbocycles. The third kappa shape index (κ3) is 2.93. The van der Waals surface area contributed by atoms with Crippen LogP contribution in [0.1, 0.15) is 15.9 Å². The predicted molar refractivity (Wildman–Crippen MR) is 90.8 cm³/mol. The monoisotopic (exact) mass is 347 g/mol. The van der Waals surface area contributed by atoms with Crippen LogP contribution in [0.5, 0.6) is 0 Å². The van der Waals surface area contributed by atoms with Crippen LogP contribution in [-0.4, -0.2) is 19.5 Å². The molecule has 3 rings (SSSR count). The van der Waals surface area contributed by atoms with Crippen molar-refractivity contribution in [3.05, 3.63) is 59.7 Å². The molecule has 0 bridgehead atoms. The molecule has 7 heteroatoms. The van der Waals surface area contributed by atoms with Crippen molar-refractivity contribution >= 4 is 43.1 Å². The van der Waals surface area contributed by atoms with E-state index in [1.54, 1.807) is 6.92 Å². The van der Waals surface area contributed by atoms with Gasteiger partial charge in [-0.25, -0.2) is 13.2 Å². The van der Waals surface area contributed by atoms with Crippen molar-refractivity contribution < 1.29 is 18.3 Å². The second-order valence-corrected chi connectivity index (χ2v) is 7.93. The highest BCUT2D eigenvalue weighted by molar-refractivity contribution is 7.94. The van der Waals surface area contributed by atoms with Gasteiger partial charge in [-0.1, -0.05) is 24.3 Å². The van der Waals surface area contributed by atoms with Crippen molar-refractivity contribution in [1.82, 2.24) is 0 Å². The van der Waals surface area contributed by atoms with Crippen molar-refractivity contribution in [3.63, 3.8) is 0 Å². The second-order valence-electron chi connectivity index (χ2n) is 5.00. The minimum Gasteiger partial charge on any atom is -0.478 e. The van der Waals surface area contributed by atoms with Crippen molar-refractivity contribution in [2.24, 2.45) is 0 Å². The summed E-state index contributed by atoms with van der Waals surface area (Å²) in [6.45, 7) is 1.76. The van der Waals surface area contributed by atoms with E-state index in [-0.39, 0.29) is 15.5 Å². The van der Waals surface area contributed by atoms with Crippen LogP contribution in [-0.2, 0) is 10.0 Å². The molecule has 0 amide bonds. The molecule has 0 radical (unpaired) electrons. The van der Waals surface area contributed by atoms with Crippen LogP contribution in [0, 0.1) is 6.92 Å². The first-order chi connectivity index (χ1) is 10.9. The molecule has 0 fully saturated rings. The van der Waals surface area contributed by atoms with E-state index in [9.17, 15) is 13.2 Å². The van der Waals surface area contributed by atoms with Gasteiger partial charge in [0.05, 0.1) is 5.56 Å². The number of carbonyl (C=O) groups is 1. The molecule has 3 aromatic rings. The number of hydrogen-bond donors (Lipinski definition) is 2. The zero-order valence-corrected chi connectivity index (χ0v) is 13.7. The van der Waals surface area contributed by atoms with Crippen LogP contribution in [0.4, 0.5) is 5.69 Å². The van der Waals surface area contributed by atoms with Gasteiger partial charge in [-0.15, -0.1) is 11.3 Å². The molecule has 118 valence electrons. The Hall–Kier alpha value is -2.38. The summed E-state index contributed by atoms with van der Waals surface area (Å²) in [7, 11) is -3.77. The van der Waals surface area contributed by atoms with Crippen molar-refractivity contribution in [3.8, 4) is 0 Å². The van der Waals surface area contributed by atoms with Gasteiger partial charge < -0.3 is 5.11 Å². The van der Waals surface area contributed by atoms with Crippen LogP contribution in [0.3, 0.4) is 0 Å². The van der Waals surface area contributed by atoms with Crippen LogP contribution in [0.2, 0.25) is 0 Å². The molecule has 0 aliphatic rings. The number of carboxylic acids is 1. The number of hydrogen-bond acceptors (Lipinski definition) is 4. The van der Waals surface area contributed by atoms with Crippen molar-refractivity contribution in [1.29, 1.82) is 0 Å². The number of thiophene rings is 1. The van der Waals surface area contributed by atoms with Gasteiger partial charge in [0.2, 0.25) is 0 Å². The summed E-state index contributed by atoms with van der Waals surface area (Å²) >= 11 is 1.19. The number of carboxylic acid groups (broad SMARTS) is 1. The smallest absolute Gasteiger partial charge is 0.335 e. The van der Waals surface area contributed by atoms with Gasteiger partial charge in [-0.05, 0) is 42.1 Å². The summed E-state index contributed by atoms with van der Waals surface area (Å²) in [6.07, 6.45) is 0. The lowest BCUT2D eigenvalue weighted by Gasteiger charge is -2.08. The van der Waals surface area contributed by atoms with E-state index in [1.165, 1.54) is 35.6 Å². The summed E-state index contributed by atoms with van der Waals surface area (Å²) in [5.74, 6) is -1.11.